The summed E-state index contributed by atoms with van der Waals surface area (Å²) in [6, 6.07) is 9.37. The third-order valence-electron chi connectivity index (χ3n) is 2.60. The van der Waals surface area contributed by atoms with Crippen LogP contribution in [0.5, 0.6) is 0 Å². The molecule has 0 aliphatic rings. The molecular formula is C13H17O5P. The third kappa shape index (κ3) is 6.89. The number of hydrogen-bond donors (Lipinski definition) is 3. The second-order valence-electron chi connectivity index (χ2n) is 4.39. The first-order chi connectivity index (χ1) is 8.97. The molecule has 0 aromatic heterocycles. The van der Waals surface area contributed by atoms with Crippen molar-refractivity contribution in [1.82, 2.24) is 0 Å². The van der Waals surface area contributed by atoms with Gasteiger partial charge in [-0.05, 0) is 17.6 Å². The van der Waals surface area contributed by atoms with E-state index in [9.17, 15) is 14.5 Å². The van der Waals surface area contributed by atoms with E-state index < -0.39 is 26.0 Å². The highest BCUT2D eigenvalue weighted by atomic mass is 31.1. The second kappa shape index (κ2) is 7.87. The first-order valence-electron chi connectivity index (χ1n) is 5.88. The van der Waals surface area contributed by atoms with Crippen molar-refractivity contribution in [3.8, 4) is 0 Å². The van der Waals surface area contributed by atoms with Gasteiger partial charge in [-0.3, -0.25) is 9.59 Å². The second-order valence-corrected chi connectivity index (χ2v) is 6.09. The van der Waals surface area contributed by atoms with Crippen molar-refractivity contribution in [2.75, 3.05) is 6.16 Å². The van der Waals surface area contributed by atoms with Crippen molar-refractivity contribution in [2.45, 2.75) is 19.0 Å². The molecule has 1 atom stereocenters. The zero-order valence-corrected chi connectivity index (χ0v) is 11.3. The van der Waals surface area contributed by atoms with E-state index in [-0.39, 0.29) is 19.0 Å². The van der Waals surface area contributed by atoms with Crippen LogP contribution in [-0.4, -0.2) is 33.2 Å². The molecule has 0 heterocycles. The third-order valence-corrected chi connectivity index (χ3v) is 4.27. The van der Waals surface area contributed by atoms with Gasteiger partial charge in [-0.15, -0.1) is 0 Å². The summed E-state index contributed by atoms with van der Waals surface area (Å²) in [7, 11) is -1.38. The van der Waals surface area contributed by atoms with Crippen molar-refractivity contribution in [3.63, 3.8) is 0 Å². The van der Waals surface area contributed by atoms with Gasteiger partial charge >= 0.3 is 11.9 Å². The molecule has 0 spiro atoms. The average molecular weight is 284 g/mol. The van der Waals surface area contributed by atoms with Crippen molar-refractivity contribution in [3.05, 3.63) is 35.9 Å². The lowest BCUT2D eigenvalue weighted by Crippen LogP contribution is -2.16. The molecule has 1 aromatic rings. The Morgan fingerprint density at radius 3 is 2.05 bits per heavy atom. The Labute approximate surface area is 112 Å². The van der Waals surface area contributed by atoms with E-state index in [4.69, 9.17) is 10.2 Å². The van der Waals surface area contributed by atoms with E-state index in [0.29, 0.717) is 6.16 Å². The van der Waals surface area contributed by atoms with Gasteiger partial charge < -0.3 is 15.1 Å². The molecule has 0 aliphatic carbocycles. The molecule has 0 saturated carbocycles. The SMILES string of the molecule is O=C(O)CC(CC(=O)O)CP(O)Cc1ccccc1. The average Bonchev–Trinajstić information content (AvgIpc) is 2.27. The molecule has 19 heavy (non-hydrogen) atoms. The molecule has 0 bridgehead atoms. The minimum atomic E-state index is -1.38. The van der Waals surface area contributed by atoms with Gasteiger partial charge in [0.1, 0.15) is 0 Å². The zero-order chi connectivity index (χ0) is 14.3. The molecule has 0 aliphatic heterocycles. The smallest absolute Gasteiger partial charge is 0.303 e. The van der Waals surface area contributed by atoms with Crippen LogP contribution in [0.15, 0.2) is 30.3 Å². The number of benzene rings is 1. The first kappa shape index (κ1) is 15.6. The van der Waals surface area contributed by atoms with Crippen LogP contribution in [-0.2, 0) is 15.8 Å². The summed E-state index contributed by atoms with van der Waals surface area (Å²) >= 11 is 0. The Morgan fingerprint density at radius 1 is 1.05 bits per heavy atom. The molecule has 3 N–H and O–H groups in total. The summed E-state index contributed by atoms with van der Waals surface area (Å²) in [5, 5.41) is 17.5. The van der Waals surface area contributed by atoms with Gasteiger partial charge in [0.15, 0.2) is 0 Å². The molecule has 0 saturated heterocycles. The summed E-state index contributed by atoms with van der Waals surface area (Å²) < 4.78 is 0. The lowest BCUT2D eigenvalue weighted by Gasteiger charge is -2.17. The maximum atomic E-state index is 10.7. The molecule has 0 amide bonds. The van der Waals surface area contributed by atoms with Gasteiger partial charge in [0.25, 0.3) is 0 Å². The standard InChI is InChI=1S/C13H17O5P/c14-12(15)6-11(7-13(16)17)9-19(18)8-10-4-2-1-3-5-10/h1-5,11,18H,6-9H2,(H,14,15)(H,16,17). The van der Waals surface area contributed by atoms with Crippen LogP contribution in [0.3, 0.4) is 0 Å². The van der Waals surface area contributed by atoms with Gasteiger partial charge in [-0.1, -0.05) is 30.3 Å². The fraction of sp³-hybridized carbons (Fsp3) is 0.385. The van der Waals surface area contributed by atoms with Crippen LogP contribution in [0.1, 0.15) is 18.4 Å². The molecule has 5 nitrogen and oxygen atoms in total. The van der Waals surface area contributed by atoms with Gasteiger partial charge in [0, 0.05) is 27.2 Å². The number of rotatable bonds is 8. The van der Waals surface area contributed by atoms with Gasteiger partial charge in [0.05, 0.1) is 0 Å². The van der Waals surface area contributed by atoms with Crippen LogP contribution in [0.25, 0.3) is 0 Å². The van der Waals surface area contributed by atoms with Crippen LogP contribution in [0, 0.1) is 5.92 Å². The number of aliphatic carboxylic acids is 2. The molecule has 104 valence electrons. The van der Waals surface area contributed by atoms with E-state index >= 15 is 0 Å². The highest BCUT2D eigenvalue weighted by Crippen LogP contribution is 2.38. The van der Waals surface area contributed by atoms with Crippen LogP contribution >= 0.6 is 8.15 Å². The summed E-state index contributed by atoms with van der Waals surface area (Å²) in [6.07, 6.45) is 0.260. The zero-order valence-electron chi connectivity index (χ0n) is 10.4. The summed E-state index contributed by atoms with van der Waals surface area (Å²) in [5.41, 5.74) is 0.973. The molecule has 0 fully saturated rings. The summed E-state index contributed by atoms with van der Waals surface area (Å²) in [4.78, 5) is 31.3. The maximum Gasteiger partial charge on any atom is 0.303 e. The summed E-state index contributed by atoms with van der Waals surface area (Å²) in [6.45, 7) is 0. The Morgan fingerprint density at radius 2 is 1.58 bits per heavy atom. The fourth-order valence-electron chi connectivity index (χ4n) is 1.85. The van der Waals surface area contributed by atoms with Crippen molar-refractivity contribution in [2.24, 2.45) is 5.92 Å². The Kier molecular flexibility index (Phi) is 6.46. The van der Waals surface area contributed by atoms with E-state index in [1.165, 1.54) is 0 Å². The van der Waals surface area contributed by atoms with Gasteiger partial charge in [0.2, 0.25) is 0 Å². The fourth-order valence-corrected chi connectivity index (χ4v) is 3.47. The highest BCUT2D eigenvalue weighted by molar-refractivity contribution is 7.50. The van der Waals surface area contributed by atoms with E-state index in [1.807, 2.05) is 30.3 Å². The van der Waals surface area contributed by atoms with Gasteiger partial charge in [-0.25, -0.2) is 0 Å². The van der Waals surface area contributed by atoms with Crippen molar-refractivity contribution in [1.29, 1.82) is 0 Å². The normalized spacial score (nSPS) is 12.3. The number of hydrogen-bond acceptors (Lipinski definition) is 3. The van der Waals surface area contributed by atoms with Crippen molar-refractivity contribution < 1.29 is 24.7 Å². The molecule has 1 rings (SSSR count). The monoisotopic (exact) mass is 284 g/mol. The molecule has 1 aromatic carbocycles. The van der Waals surface area contributed by atoms with Crippen LogP contribution in [0.2, 0.25) is 0 Å². The first-order valence-corrected chi connectivity index (χ1v) is 7.55. The van der Waals surface area contributed by atoms with E-state index in [0.717, 1.165) is 5.56 Å². The van der Waals surface area contributed by atoms with E-state index in [1.54, 1.807) is 0 Å². The Balaban J connectivity index is 2.52. The van der Waals surface area contributed by atoms with Crippen molar-refractivity contribution >= 4 is 20.1 Å². The van der Waals surface area contributed by atoms with Crippen LogP contribution < -0.4 is 0 Å². The minimum absolute atomic E-state index is 0.222. The number of carboxylic acids is 2. The predicted octanol–water partition coefficient (Wildman–Crippen LogP) is 2.14. The molecule has 0 radical (unpaired) electrons. The topological polar surface area (TPSA) is 94.8 Å². The number of carboxylic acid groups (broad SMARTS) is 2. The Hall–Kier alpha value is -1.45. The highest BCUT2D eigenvalue weighted by Gasteiger charge is 2.20. The number of carbonyl (C=O) groups is 2. The largest absolute Gasteiger partial charge is 0.481 e. The summed E-state index contributed by atoms with van der Waals surface area (Å²) in [5.74, 6) is -2.58. The maximum absolute atomic E-state index is 10.7. The molecular weight excluding hydrogens is 267 g/mol. The molecule has 6 heteroatoms. The lowest BCUT2D eigenvalue weighted by molar-refractivity contribution is -0.140. The van der Waals surface area contributed by atoms with E-state index in [2.05, 4.69) is 0 Å². The predicted molar refractivity (Wildman–Crippen MR) is 72.1 cm³/mol. The molecule has 1 unspecified atom stereocenters. The minimum Gasteiger partial charge on any atom is -0.481 e. The quantitative estimate of drug-likeness (QED) is 0.636. The van der Waals surface area contributed by atoms with Gasteiger partial charge in [-0.2, -0.15) is 0 Å². The van der Waals surface area contributed by atoms with Crippen LogP contribution in [0.4, 0.5) is 0 Å². The lowest BCUT2D eigenvalue weighted by atomic mass is 10.0. The Bertz CT molecular complexity index is 404.